The van der Waals surface area contributed by atoms with E-state index in [0.717, 1.165) is 37.3 Å². The number of hydrogen-bond donors (Lipinski definition) is 1. The molecule has 1 heterocycles. The molecule has 1 N–H and O–H groups in total. The van der Waals surface area contributed by atoms with Crippen molar-refractivity contribution >= 4 is 23.2 Å². The molecule has 24 heavy (non-hydrogen) atoms. The summed E-state index contributed by atoms with van der Waals surface area (Å²) in [5, 5.41) is 9.88. The quantitative estimate of drug-likeness (QED) is 0.921. The van der Waals surface area contributed by atoms with Gasteiger partial charge >= 0.3 is 0 Å². The number of amides is 1. The molecule has 0 atom stereocenters. The Morgan fingerprint density at radius 2 is 1.96 bits per heavy atom. The highest BCUT2D eigenvalue weighted by Gasteiger charge is 2.20. The van der Waals surface area contributed by atoms with Crippen LogP contribution in [0.1, 0.15) is 23.6 Å². The van der Waals surface area contributed by atoms with E-state index in [0.29, 0.717) is 5.02 Å². The van der Waals surface area contributed by atoms with Crippen molar-refractivity contribution in [3.05, 3.63) is 58.1 Å². The van der Waals surface area contributed by atoms with Gasteiger partial charge in [0.15, 0.2) is 0 Å². The van der Waals surface area contributed by atoms with Crippen LogP contribution in [0.25, 0.3) is 0 Å². The average molecular weight is 345 g/mol. The SMILES string of the molecule is CC(=O)N(C)c1ccc2c(c1)CN(CCc1ccc(O)c(Cl)c1)C2. The largest absolute Gasteiger partial charge is 0.506 e. The number of halogens is 1. The topological polar surface area (TPSA) is 43.8 Å². The smallest absolute Gasteiger partial charge is 0.223 e. The maximum atomic E-state index is 11.5. The first-order chi connectivity index (χ1) is 11.4. The van der Waals surface area contributed by atoms with Gasteiger partial charge in [-0.15, -0.1) is 0 Å². The Morgan fingerprint density at radius 3 is 2.67 bits per heavy atom. The number of fused-ring (bicyclic) bond motifs is 1. The lowest BCUT2D eigenvalue weighted by atomic mass is 10.1. The van der Waals surface area contributed by atoms with E-state index in [1.54, 1.807) is 24.9 Å². The number of nitrogens with zero attached hydrogens (tertiary/aromatic N) is 2. The highest BCUT2D eigenvalue weighted by molar-refractivity contribution is 6.32. The van der Waals surface area contributed by atoms with Gasteiger partial charge in [-0.3, -0.25) is 9.69 Å². The molecule has 0 fully saturated rings. The highest BCUT2D eigenvalue weighted by Crippen LogP contribution is 2.28. The van der Waals surface area contributed by atoms with Crippen LogP contribution in [-0.2, 0) is 24.3 Å². The van der Waals surface area contributed by atoms with Crippen molar-refractivity contribution in [2.75, 3.05) is 18.5 Å². The zero-order valence-corrected chi connectivity index (χ0v) is 14.7. The van der Waals surface area contributed by atoms with Gasteiger partial charge in [0.25, 0.3) is 0 Å². The van der Waals surface area contributed by atoms with Gasteiger partial charge in [-0.2, -0.15) is 0 Å². The van der Waals surface area contributed by atoms with Crippen molar-refractivity contribution in [1.82, 2.24) is 4.90 Å². The predicted octanol–water partition coefficient (Wildman–Crippen LogP) is 3.59. The Bertz CT molecular complexity index is 776. The van der Waals surface area contributed by atoms with Gasteiger partial charge < -0.3 is 10.0 Å². The molecule has 126 valence electrons. The molecule has 0 aromatic heterocycles. The number of rotatable bonds is 4. The van der Waals surface area contributed by atoms with Gasteiger partial charge in [0, 0.05) is 39.3 Å². The molecular formula is C19H21ClN2O2. The molecule has 5 heteroatoms. The number of benzene rings is 2. The molecule has 3 rings (SSSR count). The summed E-state index contributed by atoms with van der Waals surface area (Å²) in [7, 11) is 1.80. The maximum absolute atomic E-state index is 11.5. The van der Waals surface area contributed by atoms with Crippen molar-refractivity contribution < 1.29 is 9.90 Å². The third-order valence-corrected chi connectivity index (χ3v) is 4.87. The fourth-order valence-corrected chi connectivity index (χ4v) is 3.20. The molecule has 0 aliphatic carbocycles. The first-order valence-electron chi connectivity index (χ1n) is 8.00. The summed E-state index contributed by atoms with van der Waals surface area (Å²) in [4.78, 5) is 15.6. The molecule has 0 spiro atoms. The third kappa shape index (κ3) is 3.55. The Hall–Kier alpha value is -2.04. The fraction of sp³-hybridized carbons (Fsp3) is 0.316. The Morgan fingerprint density at radius 1 is 1.21 bits per heavy atom. The van der Waals surface area contributed by atoms with Gasteiger partial charge in [-0.05, 0) is 47.4 Å². The van der Waals surface area contributed by atoms with Crippen LogP contribution in [0.3, 0.4) is 0 Å². The second kappa shape index (κ2) is 6.83. The summed E-state index contributed by atoms with van der Waals surface area (Å²) in [6.07, 6.45) is 0.883. The first-order valence-corrected chi connectivity index (χ1v) is 8.37. The number of hydrogen-bond acceptors (Lipinski definition) is 3. The van der Waals surface area contributed by atoms with Crippen LogP contribution in [0.15, 0.2) is 36.4 Å². The van der Waals surface area contributed by atoms with E-state index in [9.17, 15) is 9.90 Å². The van der Waals surface area contributed by atoms with Crippen LogP contribution in [0.2, 0.25) is 5.02 Å². The molecular weight excluding hydrogens is 324 g/mol. The number of carbonyl (C=O) groups excluding carboxylic acids is 1. The van der Waals surface area contributed by atoms with Crippen LogP contribution in [0, 0.1) is 0 Å². The van der Waals surface area contributed by atoms with Gasteiger partial charge in [0.05, 0.1) is 5.02 Å². The summed E-state index contributed by atoms with van der Waals surface area (Å²) in [5.74, 6) is 0.158. The van der Waals surface area contributed by atoms with E-state index in [1.807, 2.05) is 18.2 Å². The van der Waals surface area contributed by atoms with Crippen LogP contribution in [0.5, 0.6) is 5.75 Å². The fourth-order valence-electron chi connectivity index (χ4n) is 2.99. The van der Waals surface area contributed by atoms with Crippen molar-refractivity contribution in [2.45, 2.75) is 26.4 Å². The summed E-state index contributed by atoms with van der Waals surface area (Å²) in [6, 6.07) is 11.6. The Labute approximate surface area is 147 Å². The maximum Gasteiger partial charge on any atom is 0.223 e. The molecule has 0 unspecified atom stereocenters. The average Bonchev–Trinajstić information content (AvgIpc) is 2.97. The van der Waals surface area contributed by atoms with E-state index in [-0.39, 0.29) is 11.7 Å². The lowest BCUT2D eigenvalue weighted by Gasteiger charge is -2.16. The van der Waals surface area contributed by atoms with E-state index in [1.165, 1.54) is 11.1 Å². The molecule has 0 bridgehead atoms. The molecule has 0 saturated carbocycles. The Balaban J connectivity index is 1.63. The molecule has 0 saturated heterocycles. The molecule has 4 nitrogen and oxygen atoms in total. The minimum Gasteiger partial charge on any atom is -0.506 e. The van der Waals surface area contributed by atoms with Crippen molar-refractivity contribution in [3.63, 3.8) is 0 Å². The number of phenols is 1. The van der Waals surface area contributed by atoms with Crippen molar-refractivity contribution in [2.24, 2.45) is 0 Å². The molecule has 0 radical (unpaired) electrons. The first kappa shape index (κ1) is 16.8. The minimum absolute atomic E-state index is 0.0361. The lowest BCUT2D eigenvalue weighted by molar-refractivity contribution is -0.116. The van der Waals surface area contributed by atoms with Crippen LogP contribution in [-0.4, -0.2) is 29.5 Å². The summed E-state index contributed by atoms with van der Waals surface area (Å²) < 4.78 is 0. The molecule has 2 aromatic carbocycles. The zero-order valence-electron chi connectivity index (χ0n) is 13.9. The zero-order chi connectivity index (χ0) is 17.3. The number of phenolic OH excluding ortho intramolecular Hbond substituents is 1. The molecule has 1 aliphatic heterocycles. The lowest BCUT2D eigenvalue weighted by Crippen LogP contribution is -2.22. The molecule has 1 aliphatic rings. The summed E-state index contributed by atoms with van der Waals surface area (Å²) >= 11 is 5.96. The normalized spacial score (nSPS) is 13.8. The number of anilines is 1. The van der Waals surface area contributed by atoms with E-state index in [4.69, 9.17) is 11.6 Å². The van der Waals surface area contributed by atoms with Crippen LogP contribution >= 0.6 is 11.6 Å². The Kier molecular flexibility index (Phi) is 4.78. The third-order valence-electron chi connectivity index (χ3n) is 4.57. The number of carbonyl (C=O) groups is 1. The number of aromatic hydroxyl groups is 1. The van der Waals surface area contributed by atoms with Gasteiger partial charge in [-0.25, -0.2) is 0 Å². The molecule has 1 amide bonds. The summed E-state index contributed by atoms with van der Waals surface area (Å²) in [5.41, 5.74) is 4.66. The van der Waals surface area contributed by atoms with Crippen molar-refractivity contribution in [3.8, 4) is 5.75 Å². The van der Waals surface area contributed by atoms with Gasteiger partial charge in [0.2, 0.25) is 5.91 Å². The van der Waals surface area contributed by atoms with Crippen LogP contribution < -0.4 is 4.90 Å². The summed E-state index contributed by atoms with van der Waals surface area (Å²) in [6.45, 7) is 4.31. The second-order valence-corrected chi connectivity index (χ2v) is 6.68. The second-order valence-electron chi connectivity index (χ2n) is 6.28. The predicted molar refractivity (Wildman–Crippen MR) is 96.5 cm³/mol. The van der Waals surface area contributed by atoms with E-state index >= 15 is 0 Å². The van der Waals surface area contributed by atoms with E-state index < -0.39 is 0 Å². The van der Waals surface area contributed by atoms with Gasteiger partial charge in [-0.1, -0.05) is 23.7 Å². The van der Waals surface area contributed by atoms with Crippen LogP contribution in [0.4, 0.5) is 5.69 Å². The highest BCUT2D eigenvalue weighted by atomic mass is 35.5. The van der Waals surface area contributed by atoms with Crippen molar-refractivity contribution in [1.29, 1.82) is 0 Å². The monoisotopic (exact) mass is 344 g/mol. The van der Waals surface area contributed by atoms with E-state index in [2.05, 4.69) is 17.0 Å². The minimum atomic E-state index is 0.0361. The standard InChI is InChI=1S/C19H21ClN2O2/c1-13(23)21(2)17-5-4-15-11-22(12-16(15)10-17)8-7-14-3-6-19(24)18(20)9-14/h3-6,9-10,24H,7-8,11-12H2,1-2H3. The molecule has 2 aromatic rings. The van der Waals surface area contributed by atoms with Gasteiger partial charge in [0.1, 0.15) is 5.75 Å².